The van der Waals surface area contributed by atoms with Crippen LogP contribution in [0.15, 0.2) is 18.3 Å². The van der Waals surface area contributed by atoms with Crippen molar-refractivity contribution in [2.75, 3.05) is 11.9 Å². The van der Waals surface area contributed by atoms with Gasteiger partial charge in [0.1, 0.15) is 11.7 Å². The summed E-state index contributed by atoms with van der Waals surface area (Å²) in [5.74, 6) is -1.01. The van der Waals surface area contributed by atoms with Gasteiger partial charge in [0, 0.05) is 6.54 Å². The number of hydrogen-bond acceptors (Lipinski definition) is 4. The maximum Gasteiger partial charge on any atom is 0.270 e. The number of aromatic nitrogens is 1. The highest BCUT2D eigenvalue weighted by Gasteiger charge is 2.22. The molecule has 110 valence electrons. The third kappa shape index (κ3) is 4.53. The number of nitrogens with zero attached hydrogens (tertiary/aromatic N) is 1. The van der Waals surface area contributed by atoms with Gasteiger partial charge in [-0.15, -0.1) is 0 Å². The molecule has 2 amide bonds. The Morgan fingerprint density at radius 1 is 1.35 bits per heavy atom. The normalized spacial score (nSPS) is 12.0. The van der Waals surface area contributed by atoms with Crippen molar-refractivity contribution in [2.45, 2.75) is 33.2 Å². The van der Waals surface area contributed by atoms with E-state index in [0.717, 1.165) is 18.7 Å². The molecular formula is C14H22N4O2. The zero-order valence-corrected chi connectivity index (χ0v) is 12.1. The SMILES string of the molecule is CCCNc1ccc(C(=O)NC(C(N)=O)C(C)C)nc1. The molecule has 1 aromatic rings. The van der Waals surface area contributed by atoms with Crippen molar-refractivity contribution in [3.05, 3.63) is 24.0 Å². The number of anilines is 1. The van der Waals surface area contributed by atoms with Crippen LogP contribution in [0.4, 0.5) is 5.69 Å². The van der Waals surface area contributed by atoms with Crippen LogP contribution in [0, 0.1) is 5.92 Å². The third-order valence-corrected chi connectivity index (χ3v) is 2.84. The predicted molar refractivity (Wildman–Crippen MR) is 78.3 cm³/mol. The second kappa shape index (κ2) is 7.47. The van der Waals surface area contributed by atoms with Gasteiger partial charge in [-0.25, -0.2) is 4.98 Å². The Labute approximate surface area is 119 Å². The number of carbonyl (C=O) groups excluding carboxylic acids is 2. The van der Waals surface area contributed by atoms with Crippen molar-refractivity contribution < 1.29 is 9.59 Å². The number of amides is 2. The summed E-state index contributed by atoms with van der Waals surface area (Å²) in [4.78, 5) is 27.3. The minimum atomic E-state index is -0.692. The average Bonchev–Trinajstić information content (AvgIpc) is 2.42. The maximum atomic E-state index is 12.0. The van der Waals surface area contributed by atoms with E-state index >= 15 is 0 Å². The summed E-state index contributed by atoms with van der Waals surface area (Å²) >= 11 is 0. The van der Waals surface area contributed by atoms with E-state index in [4.69, 9.17) is 5.73 Å². The Hall–Kier alpha value is -2.11. The van der Waals surface area contributed by atoms with Crippen LogP contribution in [0.2, 0.25) is 0 Å². The Kier molecular flexibility index (Phi) is 5.96. The van der Waals surface area contributed by atoms with Crippen LogP contribution in [0.3, 0.4) is 0 Å². The summed E-state index contributed by atoms with van der Waals surface area (Å²) in [5, 5.41) is 5.77. The van der Waals surface area contributed by atoms with E-state index in [9.17, 15) is 9.59 Å². The number of nitrogens with one attached hydrogen (secondary N) is 2. The summed E-state index contributed by atoms with van der Waals surface area (Å²) in [6, 6.07) is 2.71. The molecule has 0 spiro atoms. The second-order valence-corrected chi connectivity index (χ2v) is 4.96. The summed E-state index contributed by atoms with van der Waals surface area (Å²) in [6.45, 7) is 6.56. The van der Waals surface area contributed by atoms with Gasteiger partial charge in [0.2, 0.25) is 5.91 Å². The lowest BCUT2D eigenvalue weighted by Gasteiger charge is -2.18. The van der Waals surface area contributed by atoms with Gasteiger partial charge in [-0.2, -0.15) is 0 Å². The molecular weight excluding hydrogens is 256 g/mol. The van der Waals surface area contributed by atoms with Crippen LogP contribution in [0.1, 0.15) is 37.7 Å². The first kappa shape index (κ1) is 15.9. The predicted octanol–water partition coefficient (Wildman–Crippen LogP) is 1.14. The smallest absolute Gasteiger partial charge is 0.270 e. The van der Waals surface area contributed by atoms with Crippen LogP contribution in [0.25, 0.3) is 0 Å². The van der Waals surface area contributed by atoms with Crippen molar-refractivity contribution in [3.63, 3.8) is 0 Å². The highest BCUT2D eigenvalue weighted by molar-refractivity contribution is 5.96. The van der Waals surface area contributed by atoms with E-state index < -0.39 is 17.9 Å². The Morgan fingerprint density at radius 3 is 2.50 bits per heavy atom. The molecule has 1 rings (SSSR count). The highest BCUT2D eigenvalue weighted by Crippen LogP contribution is 2.07. The molecule has 4 N–H and O–H groups in total. The Balaban J connectivity index is 2.69. The number of hydrogen-bond donors (Lipinski definition) is 3. The third-order valence-electron chi connectivity index (χ3n) is 2.84. The molecule has 20 heavy (non-hydrogen) atoms. The van der Waals surface area contributed by atoms with E-state index in [2.05, 4.69) is 22.5 Å². The molecule has 0 aliphatic rings. The fourth-order valence-electron chi connectivity index (χ4n) is 1.68. The van der Waals surface area contributed by atoms with Crippen molar-refractivity contribution in [1.29, 1.82) is 0 Å². The summed E-state index contributed by atoms with van der Waals surface area (Å²) in [6.07, 6.45) is 2.61. The molecule has 1 aromatic heterocycles. The van der Waals surface area contributed by atoms with E-state index in [1.807, 2.05) is 13.8 Å². The van der Waals surface area contributed by atoms with Crippen molar-refractivity contribution in [1.82, 2.24) is 10.3 Å². The standard InChI is InChI=1S/C14H22N4O2/c1-4-7-16-10-5-6-11(17-8-10)14(20)18-12(9(2)3)13(15)19/h5-6,8-9,12,16H,4,7H2,1-3H3,(H2,15,19)(H,18,20). The van der Waals surface area contributed by atoms with Crippen LogP contribution in [-0.4, -0.2) is 29.4 Å². The molecule has 0 radical (unpaired) electrons. The zero-order chi connectivity index (χ0) is 15.1. The van der Waals surface area contributed by atoms with Gasteiger partial charge in [0.25, 0.3) is 5.91 Å². The van der Waals surface area contributed by atoms with Gasteiger partial charge in [0.15, 0.2) is 0 Å². The molecule has 6 nitrogen and oxygen atoms in total. The summed E-state index contributed by atoms with van der Waals surface area (Å²) in [5.41, 5.74) is 6.38. The van der Waals surface area contributed by atoms with Gasteiger partial charge in [-0.1, -0.05) is 20.8 Å². The molecule has 1 atom stereocenters. The Bertz CT molecular complexity index is 457. The Morgan fingerprint density at radius 2 is 2.05 bits per heavy atom. The van der Waals surface area contributed by atoms with Gasteiger partial charge >= 0.3 is 0 Å². The summed E-state index contributed by atoms with van der Waals surface area (Å²) in [7, 11) is 0. The first-order chi connectivity index (χ1) is 9.45. The molecule has 6 heteroatoms. The number of pyridine rings is 1. The van der Waals surface area contributed by atoms with E-state index in [0.29, 0.717) is 0 Å². The van der Waals surface area contributed by atoms with E-state index in [1.165, 1.54) is 0 Å². The number of rotatable bonds is 7. The van der Waals surface area contributed by atoms with Crippen molar-refractivity contribution in [2.24, 2.45) is 11.7 Å². The van der Waals surface area contributed by atoms with E-state index in [-0.39, 0.29) is 11.6 Å². The summed E-state index contributed by atoms with van der Waals surface area (Å²) < 4.78 is 0. The fourth-order valence-corrected chi connectivity index (χ4v) is 1.68. The minimum absolute atomic E-state index is 0.0676. The van der Waals surface area contributed by atoms with Gasteiger partial charge < -0.3 is 16.4 Å². The average molecular weight is 278 g/mol. The lowest BCUT2D eigenvalue weighted by molar-refractivity contribution is -0.120. The fraction of sp³-hybridized carbons (Fsp3) is 0.500. The second-order valence-electron chi connectivity index (χ2n) is 4.96. The van der Waals surface area contributed by atoms with Crippen LogP contribution in [-0.2, 0) is 4.79 Å². The first-order valence-electron chi connectivity index (χ1n) is 6.75. The number of primary amides is 1. The molecule has 0 fully saturated rings. The molecule has 1 heterocycles. The lowest BCUT2D eigenvalue weighted by Crippen LogP contribution is -2.47. The van der Waals surface area contributed by atoms with E-state index in [1.54, 1.807) is 18.3 Å². The van der Waals surface area contributed by atoms with Gasteiger partial charge in [-0.05, 0) is 24.5 Å². The molecule has 0 saturated carbocycles. The molecule has 1 unspecified atom stereocenters. The number of nitrogens with two attached hydrogens (primary N) is 1. The molecule has 0 saturated heterocycles. The van der Waals surface area contributed by atoms with Crippen molar-refractivity contribution in [3.8, 4) is 0 Å². The largest absolute Gasteiger partial charge is 0.384 e. The minimum Gasteiger partial charge on any atom is -0.384 e. The zero-order valence-electron chi connectivity index (χ0n) is 12.1. The molecule has 0 aliphatic carbocycles. The van der Waals surface area contributed by atoms with Crippen LogP contribution >= 0.6 is 0 Å². The maximum absolute atomic E-state index is 12.0. The van der Waals surface area contributed by atoms with Gasteiger partial charge in [-0.3, -0.25) is 9.59 Å². The molecule has 0 bridgehead atoms. The van der Waals surface area contributed by atoms with Crippen LogP contribution in [0.5, 0.6) is 0 Å². The van der Waals surface area contributed by atoms with Crippen LogP contribution < -0.4 is 16.4 Å². The topological polar surface area (TPSA) is 97.1 Å². The first-order valence-corrected chi connectivity index (χ1v) is 6.75. The number of carbonyl (C=O) groups is 2. The lowest BCUT2D eigenvalue weighted by atomic mass is 10.0. The quantitative estimate of drug-likeness (QED) is 0.696. The molecule has 0 aliphatic heterocycles. The molecule has 0 aromatic carbocycles. The monoisotopic (exact) mass is 278 g/mol. The van der Waals surface area contributed by atoms with Gasteiger partial charge in [0.05, 0.1) is 11.9 Å². The van der Waals surface area contributed by atoms with Crippen molar-refractivity contribution >= 4 is 17.5 Å². The highest BCUT2D eigenvalue weighted by atomic mass is 16.2.